The number of carbonyl (C=O) groups is 2. The molecule has 0 aromatic carbocycles. The zero-order chi connectivity index (χ0) is 35.5. The number of nitrogens with zero attached hydrogens (tertiary/aromatic N) is 2. The molecule has 5 rings (SSSR count). The summed E-state index contributed by atoms with van der Waals surface area (Å²) in [5.74, 6) is 2.43. The van der Waals surface area contributed by atoms with Crippen molar-refractivity contribution in [2.75, 3.05) is 20.1 Å². The molecule has 5 aliphatic carbocycles. The lowest BCUT2D eigenvalue weighted by molar-refractivity contribution is -0.250. The first-order valence-electron chi connectivity index (χ1n) is 19.7. The topological polar surface area (TPSA) is 76.0 Å². The van der Waals surface area contributed by atoms with Crippen LogP contribution in [0.3, 0.4) is 0 Å². The highest BCUT2D eigenvalue weighted by atomic mass is 16.5. The minimum Gasteiger partial charge on any atom is -0.462 e. The molecule has 6 heteroatoms. The second kappa shape index (κ2) is 13.2. The first-order valence-corrected chi connectivity index (χ1v) is 19.7. The summed E-state index contributed by atoms with van der Waals surface area (Å²) in [4.78, 5) is 38.2. The highest BCUT2D eigenvalue weighted by molar-refractivity contribution is 5.78. The van der Waals surface area contributed by atoms with Gasteiger partial charge in [0, 0.05) is 17.0 Å². The van der Waals surface area contributed by atoms with Crippen molar-refractivity contribution < 1.29 is 14.3 Å². The summed E-state index contributed by atoms with van der Waals surface area (Å²) >= 11 is 0. The average molecular weight is 667 g/mol. The molecule has 1 amide bonds. The Balaban J connectivity index is 1.36. The number of esters is 1. The van der Waals surface area contributed by atoms with Gasteiger partial charge < -0.3 is 9.64 Å². The first-order chi connectivity index (χ1) is 22.3. The number of carbonyl (C=O) groups excluding carboxylic acids is 2. The largest absolute Gasteiger partial charge is 0.462 e. The number of allylic oxidation sites excluding steroid dienone is 1. The minimum absolute atomic E-state index is 0.0360. The number of amides is 1. The summed E-state index contributed by atoms with van der Waals surface area (Å²) in [6.45, 7) is 28.0. The van der Waals surface area contributed by atoms with Crippen LogP contribution in [0.4, 0.5) is 0 Å². The molecule has 0 bridgehead atoms. The number of ether oxygens (including phenoxy) is 1. The van der Waals surface area contributed by atoms with Gasteiger partial charge in [-0.25, -0.2) is 0 Å². The van der Waals surface area contributed by atoms with Gasteiger partial charge in [-0.1, -0.05) is 67.5 Å². The van der Waals surface area contributed by atoms with Crippen molar-refractivity contribution in [3.63, 3.8) is 0 Å². The Morgan fingerprint density at radius 1 is 0.896 bits per heavy atom. The maximum Gasteiger partial charge on any atom is 0.306 e. The van der Waals surface area contributed by atoms with Crippen LogP contribution in [-0.2, 0) is 14.3 Å². The molecule has 0 saturated heterocycles. The first kappa shape index (κ1) is 37.7. The zero-order valence-corrected chi connectivity index (χ0v) is 32.5. The summed E-state index contributed by atoms with van der Waals surface area (Å²) in [5.41, 5.74) is 2.01. The van der Waals surface area contributed by atoms with Crippen LogP contribution in [0.15, 0.2) is 17.3 Å². The normalized spacial score (nSPS) is 41.8. The van der Waals surface area contributed by atoms with Crippen LogP contribution in [0.1, 0.15) is 152 Å². The molecule has 48 heavy (non-hydrogen) atoms. The van der Waals surface area contributed by atoms with E-state index in [2.05, 4.69) is 72.2 Å². The van der Waals surface area contributed by atoms with E-state index >= 15 is 0 Å². The number of fused-ring (bicyclic) bond motifs is 7. The molecule has 0 aromatic rings. The van der Waals surface area contributed by atoms with Gasteiger partial charge in [0.05, 0.1) is 6.42 Å². The van der Waals surface area contributed by atoms with Crippen LogP contribution in [0.5, 0.6) is 0 Å². The number of nitroso groups, excluding NO2 is 1. The van der Waals surface area contributed by atoms with E-state index in [9.17, 15) is 14.5 Å². The van der Waals surface area contributed by atoms with Crippen LogP contribution in [-0.4, -0.2) is 43.0 Å². The van der Waals surface area contributed by atoms with Gasteiger partial charge in [-0.15, -0.1) is 4.91 Å². The van der Waals surface area contributed by atoms with E-state index in [-0.39, 0.29) is 35.7 Å². The molecule has 6 nitrogen and oxygen atoms in total. The van der Waals surface area contributed by atoms with Crippen LogP contribution < -0.4 is 0 Å². The second-order valence-corrected chi connectivity index (χ2v) is 19.9. The molecule has 5 fully saturated rings. The van der Waals surface area contributed by atoms with E-state index in [1.807, 2.05) is 13.8 Å². The third-order valence-electron chi connectivity index (χ3n) is 16.6. The lowest BCUT2D eigenvalue weighted by Gasteiger charge is -2.73. The second-order valence-electron chi connectivity index (χ2n) is 19.9. The van der Waals surface area contributed by atoms with Gasteiger partial charge in [0.25, 0.3) is 5.91 Å². The molecular formula is C42H70N2O4. The predicted octanol–water partition coefficient (Wildman–Crippen LogP) is 10.4. The van der Waals surface area contributed by atoms with E-state index in [0.717, 1.165) is 31.2 Å². The molecule has 0 radical (unpaired) electrons. The smallest absolute Gasteiger partial charge is 0.306 e. The van der Waals surface area contributed by atoms with Gasteiger partial charge in [0.2, 0.25) is 0 Å². The minimum atomic E-state index is -0.707. The van der Waals surface area contributed by atoms with E-state index < -0.39 is 11.3 Å². The molecular weight excluding hydrogens is 596 g/mol. The van der Waals surface area contributed by atoms with Gasteiger partial charge in [0.1, 0.15) is 6.10 Å². The molecule has 0 spiro atoms. The van der Waals surface area contributed by atoms with Gasteiger partial charge in [-0.2, -0.15) is 0 Å². The van der Waals surface area contributed by atoms with Crippen molar-refractivity contribution in [1.29, 1.82) is 0 Å². The number of hydrogen-bond acceptors (Lipinski definition) is 5. The Kier molecular flexibility index (Phi) is 10.4. The molecule has 0 aliphatic heterocycles. The van der Waals surface area contributed by atoms with E-state index in [1.54, 1.807) is 0 Å². The summed E-state index contributed by atoms with van der Waals surface area (Å²) in [7, 11) is 2.27. The number of rotatable bonds is 11. The van der Waals surface area contributed by atoms with Crippen molar-refractivity contribution >= 4 is 11.9 Å². The fourth-order valence-corrected chi connectivity index (χ4v) is 13.9. The number of hydrogen-bond donors (Lipinski definition) is 0. The summed E-state index contributed by atoms with van der Waals surface area (Å²) in [5, 5.41) is 2.55. The molecule has 272 valence electrons. The molecule has 0 aromatic heterocycles. The molecule has 10 atom stereocenters. The third-order valence-corrected chi connectivity index (χ3v) is 16.6. The van der Waals surface area contributed by atoms with Crippen molar-refractivity contribution in [3.8, 4) is 0 Å². The zero-order valence-electron chi connectivity index (χ0n) is 32.5. The average Bonchev–Trinajstić information content (AvgIpc) is 3.38. The third kappa shape index (κ3) is 6.19. The van der Waals surface area contributed by atoms with Crippen LogP contribution >= 0.6 is 0 Å². The summed E-state index contributed by atoms with van der Waals surface area (Å²) < 4.78 is 6.30. The lowest BCUT2D eigenvalue weighted by atomic mass is 9.32. The molecule has 0 heterocycles. The Labute approximate surface area is 293 Å². The van der Waals surface area contributed by atoms with Gasteiger partial charge in [-0.05, 0) is 161 Å². The molecule has 5 aliphatic rings. The highest BCUT2D eigenvalue weighted by Crippen LogP contribution is 2.78. The van der Waals surface area contributed by atoms with Crippen molar-refractivity contribution in [3.05, 3.63) is 17.1 Å². The van der Waals surface area contributed by atoms with E-state index in [4.69, 9.17) is 4.74 Å². The molecule has 0 unspecified atom stereocenters. The van der Waals surface area contributed by atoms with Gasteiger partial charge >= 0.3 is 5.97 Å². The molecule has 5 saturated carbocycles. The lowest BCUT2D eigenvalue weighted by Crippen LogP contribution is -2.66. The highest BCUT2D eigenvalue weighted by Gasteiger charge is 2.71. The Bertz CT molecular complexity index is 1260. The quantitative estimate of drug-likeness (QED) is 0.125. The maximum absolute atomic E-state index is 13.3. The van der Waals surface area contributed by atoms with Crippen molar-refractivity contribution in [1.82, 2.24) is 4.90 Å². The fraction of sp³-hybridized carbons (Fsp3) is 0.905. The maximum atomic E-state index is 13.3. The predicted molar refractivity (Wildman–Crippen MR) is 195 cm³/mol. The van der Waals surface area contributed by atoms with Crippen LogP contribution in [0.25, 0.3) is 0 Å². The Hall–Kier alpha value is -1.56. The Morgan fingerprint density at radius 2 is 1.60 bits per heavy atom. The monoisotopic (exact) mass is 667 g/mol. The summed E-state index contributed by atoms with van der Waals surface area (Å²) in [6.07, 6.45) is 15.3. The standard InChI is InChI=1S/C42H70N2O4/c1-12-44(11)25-13-19-42-22-16-29(28(2)3)36(42)30-14-15-32-39(8)20-18-33(48-35(46)27-37(4,5)26-34(45)43-47)38(6,7)31(39)17-21-41(32,10)40(30,9)23-24-42/h29-33,36H,2,12-27H2,1,3-11H3/t29-,30+,31-,32+,33-,36+,39-,40+,41+,42+/m0/s1. The summed E-state index contributed by atoms with van der Waals surface area (Å²) in [6, 6.07) is 0. The Morgan fingerprint density at radius 3 is 2.25 bits per heavy atom. The van der Waals surface area contributed by atoms with E-state index in [1.165, 1.54) is 76.3 Å². The van der Waals surface area contributed by atoms with Crippen molar-refractivity contribution in [2.45, 2.75) is 158 Å². The molecule has 0 N–H and O–H groups in total. The fourth-order valence-electron chi connectivity index (χ4n) is 13.9. The van der Waals surface area contributed by atoms with Crippen LogP contribution in [0, 0.1) is 67.0 Å². The van der Waals surface area contributed by atoms with Crippen LogP contribution in [0.2, 0.25) is 0 Å². The van der Waals surface area contributed by atoms with Gasteiger partial charge in [0.15, 0.2) is 0 Å². The SMILES string of the molecule is C=C(C)[C@@H]1CC[C@]2(CCCN(C)CC)CC[C@]3(C)[C@H](CC[C@@H]4[C@@]5(C)CC[C@H](OC(=O)CC(C)(C)CC(=O)N=O)C(C)(C)[C@@H]5CC[C@]43C)[C@@H]12. The van der Waals surface area contributed by atoms with E-state index in [0.29, 0.717) is 34.0 Å². The van der Waals surface area contributed by atoms with Crippen molar-refractivity contribution in [2.24, 2.45) is 67.3 Å². The van der Waals surface area contributed by atoms with Gasteiger partial charge in [-0.3, -0.25) is 9.59 Å².